The van der Waals surface area contributed by atoms with Crippen molar-refractivity contribution in [3.05, 3.63) is 88.9 Å². The Hall–Kier alpha value is -4.46. The molecule has 0 bridgehead atoms. The molecule has 5 rings (SSSR count). The smallest absolute Gasteiger partial charge is 0.213 e. The zero-order chi connectivity index (χ0) is 24.4. The highest BCUT2D eigenvalue weighted by Gasteiger charge is 2.15. The number of aromatic amines is 1. The van der Waals surface area contributed by atoms with Gasteiger partial charge in [-0.15, -0.1) is 0 Å². The van der Waals surface area contributed by atoms with Crippen molar-refractivity contribution in [2.75, 3.05) is 14.2 Å². The highest BCUT2D eigenvalue weighted by molar-refractivity contribution is 6.06. The van der Waals surface area contributed by atoms with Crippen LogP contribution in [0.1, 0.15) is 32.9 Å². The summed E-state index contributed by atoms with van der Waals surface area (Å²) in [6.07, 6.45) is 5.15. The fourth-order valence-corrected chi connectivity index (χ4v) is 4.41. The maximum atomic E-state index is 12.0. The molecule has 176 valence electrons. The second-order valence-corrected chi connectivity index (χ2v) is 8.48. The minimum Gasteiger partial charge on any atom is -0.481 e. The molecule has 0 unspecified atom stereocenters. The van der Waals surface area contributed by atoms with Crippen LogP contribution in [0.4, 0.5) is 0 Å². The van der Waals surface area contributed by atoms with Crippen LogP contribution in [0.5, 0.6) is 5.88 Å². The van der Waals surface area contributed by atoms with E-state index in [1.165, 1.54) is 0 Å². The molecular weight excluding hydrogens is 440 g/mol. The molecular formula is C27H26N6O2. The number of pyridine rings is 1. The highest BCUT2D eigenvalue weighted by Crippen LogP contribution is 2.26. The number of hydrogen-bond donors (Lipinski definition) is 1. The van der Waals surface area contributed by atoms with E-state index in [-0.39, 0.29) is 0 Å². The lowest BCUT2D eigenvalue weighted by Gasteiger charge is -2.13. The molecule has 8 nitrogen and oxygen atoms in total. The number of hydrogen-bond acceptors (Lipinski definition) is 6. The lowest BCUT2D eigenvalue weighted by atomic mass is 10.1. The summed E-state index contributed by atoms with van der Waals surface area (Å²) in [5.74, 6) is 0.595. The molecule has 3 heterocycles. The number of rotatable bonds is 8. The van der Waals surface area contributed by atoms with E-state index in [0.29, 0.717) is 24.5 Å². The number of carbonyl (C=O) groups is 1. The fourth-order valence-electron chi connectivity index (χ4n) is 4.41. The average Bonchev–Trinajstić information content (AvgIpc) is 3.46. The first-order chi connectivity index (χ1) is 17.1. The molecule has 8 heteroatoms. The van der Waals surface area contributed by atoms with E-state index in [4.69, 9.17) is 4.74 Å². The minimum absolute atomic E-state index is 0.589. The third-order valence-corrected chi connectivity index (χ3v) is 6.20. The Morgan fingerprint density at radius 1 is 1.14 bits per heavy atom. The molecule has 1 N–H and O–H groups in total. The Kier molecular flexibility index (Phi) is 6.01. The maximum absolute atomic E-state index is 12.0. The Labute approximate surface area is 202 Å². The summed E-state index contributed by atoms with van der Waals surface area (Å²) >= 11 is 0. The normalized spacial score (nSPS) is 11.5. The number of methoxy groups -OCH3 is 1. The van der Waals surface area contributed by atoms with Crippen LogP contribution in [-0.4, -0.2) is 51.4 Å². The maximum Gasteiger partial charge on any atom is 0.213 e. The number of benzene rings is 2. The lowest BCUT2D eigenvalue weighted by Crippen LogP contribution is -2.11. The zero-order valence-corrected chi connectivity index (χ0v) is 19.9. The first-order valence-corrected chi connectivity index (χ1v) is 11.3. The number of nitrogens with zero attached hydrogens (tertiary/aromatic N) is 5. The molecule has 0 fully saturated rings. The van der Waals surface area contributed by atoms with Crippen LogP contribution in [0.25, 0.3) is 21.8 Å². The van der Waals surface area contributed by atoms with Gasteiger partial charge in [-0.05, 0) is 29.3 Å². The van der Waals surface area contributed by atoms with Crippen LogP contribution in [0.2, 0.25) is 0 Å². The largest absolute Gasteiger partial charge is 0.481 e. The summed E-state index contributed by atoms with van der Waals surface area (Å²) in [5.41, 5.74) is 6.51. The van der Waals surface area contributed by atoms with Gasteiger partial charge in [0.15, 0.2) is 6.29 Å². The summed E-state index contributed by atoms with van der Waals surface area (Å²) in [4.78, 5) is 16.5. The van der Waals surface area contributed by atoms with Gasteiger partial charge >= 0.3 is 0 Å². The SMILES string of the molecule is COc1cccc(Cc2ccc3c(/C=N\N(C)Cc4cccc5[nH]ncc45)c(C=O)n(C)c3c2)n1. The number of carbonyl (C=O) groups excluding carboxylic acids is 1. The van der Waals surface area contributed by atoms with Crippen molar-refractivity contribution in [3.8, 4) is 5.88 Å². The molecule has 0 amide bonds. The van der Waals surface area contributed by atoms with Gasteiger partial charge < -0.3 is 9.30 Å². The number of ether oxygens (including phenoxy) is 1. The van der Waals surface area contributed by atoms with Gasteiger partial charge in [0.2, 0.25) is 5.88 Å². The summed E-state index contributed by atoms with van der Waals surface area (Å²) in [6, 6.07) is 18.0. The minimum atomic E-state index is 0.589. The zero-order valence-electron chi connectivity index (χ0n) is 19.9. The van der Waals surface area contributed by atoms with Crippen LogP contribution in [0.15, 0.2) is 65.9 Å². The predicted octanol–water partition coefficient (Wildman–Crippen LogP) is 4.33. The van der Waals surface area contributed by atoms with Gasteiger partial charge in [-0.3, -0.25) is 14.9 Å². The van der Waals surface area contributed by atoms with E-state index in [2.05, 4.69) is 38.5 Å². The highest BCUT2D eigenvalue weighted by atomic mass is 16.5. The molecule has 0 saturated heterocycles. The third-order valence-electron chi connectivity index (χ3n) is 6.20. The van der Waals surface area contributed by atoms with Crippen molar-refractivity contribution in [2.24, 2.45) is 12.1 Å². The quantitative estimate of drug-likeness (QED) is 0.209. The number of hydrazone groups is 1. The van der Waals surface area contributed by atoms with Gasteiger partial charge in [0.25, 0.3) is 0 Å². The second kappa shape index (κ2) is 9.42. The molecule has 0 aliphatic carbocycles. The van der Waals surface area contributed by atoms with Crippen molar-refractivity contribution >= 4 is 34.3 Å². The van der Waals surface area contributed by atoms with Gasteiger partial charge in [0.1, 0.15) is 0 Å². The molecule has 5 aromatic rings. The van der Waals surface area contributed by atoms with E-state index in [1.807, 2.05) is 66.3 Å². The fraction of sp³-hybridized carbons (Fsp3) is 0.185. The topological polar surface area (TPSA) is 88.4 Å². The number of aryl methyl sites for hydroxylation is 1. The molecule has 0 radical (unpaired) electrons. The van der Waals surface area contributed by atoms with Crippen molar-refractivity contribution in [1.82, 2.24) is 24.8 Å². The Morgan fingerprint density at radius 2 is 2.00 bits per heavy atom. The number of aromatic nitrogens is 4. The van der Waals surface area contributed by atoms with Gasteiger partial charge in [-0.25, -0.2) is 4.98 Å². The monoisotopic (exact) mass is 466 g/mol. The van der Waals surface area contributed by atoms with Crippen molar-refractivity contribution in [1.29, 1.82) is 0 Å². The number of nitrogens with one attached hydrogen (secondary N) is 1. The number of fused-ring (bicyclic) bond motifs is 2. The molecule has 0 spiro atoms. The van der Waals surface area contributed by atoms with Crippen LogP contribution in [0, 0.1) is 0 Å². The first kappa shape index (κ1) is 22.3. The van der Waals surface area contributed by atoms with E-state index < -0.39 is 0 Å². The van der Waals surface area contributed by atoms with Gasteiger partial charge in [-0.2, -0.15) is 10.2 Å². The van der Waals surface area contributed by atoms with E-state index in [0.717, 1.165) is 50.5 Å². The summed E-state index contributed by atoms with van der Waals surface area (Å²) in [5, 5.41) is 15.7. The molecule has 0 saturated carbocycles. The Morgan fingerprint density at radius 3 is 2.83 bits per heavy atom. The van der Waals surface area contributed by atoms with Gasteiger partial charge in [-0.1, -0.05) is 30.3 Å². The van der Waals surface area contributed by atoms with Crippen LogP contribution >= 0.6 is 0 Å². The van der Waals surface area contributed by atoms with Crippen LogP contribution < -0.4 is 4.74 Å². The molecule has 0 aliphatic heterocycles. The summed E-state index contributed by atoms with van der Waals surface area (Å²) in [6.45, 7) is 0.617. The first-order valence-electron chi connectivity index (χ1n) is 11.3. The average molecular weight is 467 g/mol. The van der Waals surface area contributed by atoms with Gasteiger partial charge in [0, 0.05) is 54.1 Å². The molecule has 0 atom stereocenters. The van der Waals surface area contributed by atoms with Crippen molar-refractivity contribution in [3.63, 3.8) is 0 Å². The lowest BCUT2D eigenvalue weighted by molar-refractivity contribution is 0.111. The predicted molar refractivity (Wildman–Crippen MR) is 137 cm³/mol. The van der Waals surface area contributed by atoms with Crippen LogP contribution in [-0.2, 0) is 20.0 Å². The van der Waals surface area contributed by atoms with E-state index in [1.54, 1.807) is 13.3 Å². The standard InChI is InChI=1S/C27H26N6O2/c1-32(16-19-6-4-8-24-22(19)14-28-31-24)29-15-23-21-11-10-18(13-25(21)33(2)26(23)17-34)12-20-7-5-9-27(30-20)35-3/h4-11,13-15,17H,12,16H2,1-3H3,(H,28,31)/b29-15-. The number of aldehydes is 1. The van der Waals surface area contributed by atoms with Crippen LogP contribution in [0.3, 0.4) is 0 Å². The van der Waals surface area contributed by atoms with Gasteiger partial charge in [0.05, 0.1) is 37.3 Å². The summed E-state index contributed by atoms with van der Waals surface area (Å²) in [7, 11) is 5.43. The summed E-state index contributed by atoms with van der Waals surface area (Å²) < 4.78 is 7.15. The number of H-pyrrole nitrogens is 1. The van der Waals surface area contributed by atoms with E-state index >= 15 is 0 Å². The molecule has 2 aromatic carbocycles. The third kappa shape index (κ3) is 4.38. The Bertz CT molecular complexity index is 1550. The van der Waals surface area contributed by atoms with E-state index in [9.17, 15) is 4.79 Å². The molecule has 0 aliphatic rings. The molecule has 3 aromatic heterocycles. The second-order valence-electron chi connectivity index (χ2n) is 8.48. The van der Waals surface area contributed by atoms with Crippen molar-refractivity contribution in [2.45, 2.75) is 13.0 Å². The molecule has 35 heavy (non-hydrogen) atoms. The Balaban J connectivity index is 1.42. The van der Waals surface area contributed by atoms with Crippen molar-refractivity contribution < 1.29 is 9.53 Å².